The predicted molar refractivity (Wildman–Crippen MR) is 319 cm³/mol. The Bertz CT molecular complexity index is 2970. The minimum Gasteiger partial charge on any atom is -0.508 e. The Labute approximate surface area is 517 Å². The van der Waals surface area contributed by atoms with Gasteiger partial charge in [0, 0.05) is 13.5 Å². The van der Waals surface area contributed by atoms with Gasteiger partial charge in [-0.1, -0.05) is 58.0 Å². The van der Waals surface area contributed by atoms with Gasteiger partial charge >= 0.3 is 5.97 Å². The third kappa shape index (κ3) is 19.3. The molecular weight excluding hydrogens is 1210 g/mol. The van der Waals surface area contributed by atoms with E-state index in [2.05, 4.69) is 53.1 Å². The number of hydrogen-bond acceptors (Lipinski definition) is 18. The number of cyclic esters (lactones) is 1. The number of esters is 1. The molecule has 2 aliphatic rings. The lowest BCUT2D eigenvalue weighted by Gasteiger charge is -2.43. The molecule has 28 heteroatoms. The van der Waals surface area contributed by atoms with Crippen molar-refractivity contribution in [3.63, 3.8) is 0 Å². The minimum absolute atomic E-state index is 0.0121. The van der Waals surface area contributed by atoms with Gasteiger partial charge in [0.15, 0.2) is 6.10 Å². The van der Waals surface area contributed by atoms with Crippen molar-refractivity contribution in [2.45, 2.75) is 179 Å². The molecule has 2 bridgehead atoms. The summed E-state index contributed by atoms with van der Waals surface area (Å²) in [5.41, 5.74) is 1.76. The molecule has 2 heterocycles. The van der Waals surface area contributed by atoms with Crippen molar-refractivity contribution < 1.29 is 88.4 Å². The highest BCUT2D eigenvalue weighted by molar-refractivity contribution is 9.10. The number of carbonyl (C=O) groups excluding carboxylic acids is 10. The van der Waals surface area contributed by atoms with E-state index < -0.39 is 156 Å². The number of nitrogens with one attached hydrogen (secondary N) is 7. The molecule has 1 unspecified atom stereocenters. The number of halogens is 1. The van der Waals surface area contributed by atoms with E-state index in [1.807, 2.05) is 0 Å². The standard InChI is InChI=1S/C60H82BrN9O18/c1-29(2)47(66-51(78)31(5)62-52(79)40(63-55(82)45(76)28-71)11-9-10-34-12-18-37(73)19-13-34)56(83)68-49-33(7)88-60(87)48(30(3)4)67-54(81)43(27-36-17-24-44(75)39(61)26-36)69(8)59(86)50(32(6)72)70-46(77)25-23-42(58(70)85)65-53(80)41(64-57(49)84)22-16-35-14-20-38(74)21-15-35/h12-15,17-21,24,26,29-33,40-43,45-50,71-77H,9-11,16,22-23,25,27-28H2,1-8H3,(H,62,79)(H,63,82)(H,64,84)(H,65,80)(H,66,78)(H,67,81)(H,68,83)/t31-,32-,33+,40-,41-,42-,43-,45+,46+,47-,48-,49-,50?/m0/s1. The van der Waals surface area contributed by atoms with Crippen LogP contribution in [0.5, 0.6) is 17.2 Å². The summed E-state index contributed by atoms with van der Waals surface area (Å²) in [6.07, 6.45) is -7.12. The Hall–Kier alpha value is -7.92. The maximum absolute atomic E-state index is 15.0. The molecule has 2 aliphatic heterocycles. The van der Waals surface area contributed by atoms with Gasteiger partial charge in [-0.3, -0.25) is 43.2 Å². The first kappa shape index (κ1) is 70.8. The van der Waals surface area contributed by atoms with Crippen LogP contribution in [-0.4, -0.2) is 197 Å². The van der Waals surface area contributed by atoms with Gasteiger partial charge in [-0.2, -0.15) is 0 Å². The number of likely N-dealkylation sites (N-methyl/N-ethyl adjacent to an activating group) is 1. The first-order valence-electron chi connectivity index (χ1n) is 29.0. The third-order valence-electron chi connectivity index (χ3n) is 15.3. The van der Waals surface area contributed by atoms with Gasteiger partial charge in [-0.05, 0) is 147 Å². The fraction of sp³-hybridized carbons (Fsp3) is 0.533. The van der Waals surface area contributed by atoms with Crippen LogP contribution in [0.25, 0.3) is 0 Å². The van der Waals surface area contributed by atoms with Crippen LogP contribution in [0.3, 0.4) is 0 Å². The van der Waals surface area contributed by atoms with Gasteiger partial charge < -0.3 is 87.5 Å². The number of phenolic OH excluding ortho intramolecular Hbond substituents is 3. The highest BCUT2D eigenvalue weighted by Gasteiger charge is 2.47. The zero-order chi connectivity index (χ0) is 65.4. The number of nitrogens with zero attached hydrogens (tertiary/aromatic N) is 2. The zero-order valence-electron chi connectivity index (χ0n) is 50.3. The summed E-state index contributed by atoms with van der Waals surface area (Å²) >= 11 is 3.25. The van der Waals surface area contributed by atoms with Crippen molar-refractivity contribution in [3.8, 4) is 17.2 Å². The number of hydrogen-bond donors (Lipinski definition) is 14. The van der Waals surface area contributed by atoms with Crippen molar-refractivity contribution in [2.24, 2.45) is 11.8 Å². The predicted octanol–water partition coefficient (Wildman–Crippen LogP) is -0.695. The number of aliphatic hydroxyl groups is 4. The summed E-state index contributed by atoms with van der Waals surface area (Å²) < 4.78 is 6.16. The molecule has 3 aromatic rings. The van der Waals surface area contributed by atoms with Crippen LogP contribution >= 0.6 is 15.9 Å². The second-order valence-corrected chi connectivity index (χ2v) is 23.8. The van der Waals surface area contributed by atoms with Gasteiger partial charge in [-0.15, -0.1) is 0 Å². The van der Waals surface area contributed by atoms with E-state index in [1.165, 1.54) is 70.3 Å². The number of aryl methyl sites for hydroxylation is 2. The highest BCUT2D eigenvalue weighted by Crippen LogP contribution is 2.28. The van der Waals surface area contributed by atoms with Crippen LogP contribution in [0.15, 0.2) is 71.2 Å². The summed E-state index contributed by atoms with van der Waals surface area (Å²) in [7, 11) is 1.22. The number of amides is 9. The lowest BCUT2D eigenvalue weighted by molar-refractivity contribution is -0.170. The lowest BCUT2D eigenvalue weighted by Crippen LogP contribution is -2.67. The Balaban J connectivity index is 1.52. The van der Waals surface area contributed by atoms with E-state index >= 15 is 0 Å². The molecular formula is C60H82BrN9O18. The number of rotatable bonds is 21. The smallest absolute Gasteiger partial charge is 0.329 e. The molecule has 0 radical (unpaired) electrons. The first-order valence-corrected chi connectivity index (χ1v) is 29.8. The van der Waals surface area contributed by atoms with E-state index in [0.29, 0.717) is 28.9 Å². The van der Waals surface area contributed by atoms with Gasteiger partial charge in [0.05, 0.1) is 17.2 Å². The van der Waals surface area contributed by atoms with E-state index in [4.69, 9.17) is 4.74 Å². The van der Waals surface area contributed by atoms with Crippen LogP contribution in [0.2, 0.25) is 0 Å². The number of phenols is 3. The van der Waals surface area contributed by atoms with Gasteiger partial charge in [0.1, 0.15) is 84.0 Å². The Morgan fingerprint density at radius 3 is 1.89 bits per heavy atom. The molecule has 13 atom stereocenters. The number of benzene rings is 3. The number of aliphatic hydroxyl groups excluding tert-OH is 4. The molecule has 0 saturated carbocycles. The Kier molecular flexibility index (Phi) is 26.0. The molecule has 0 aliphatic carbocycles. The van der Waals surface area contributed by atoms with E-state index in [1.54, 1.807) is 52.0 Å². The Morgan fingerprint density at radius 1 is 0.716 bits per heavy atom. The van der Waals surface area contributed by atoms with Gasteiger partial charge in [-0.25, -0.2) is 4.79 Å². The molecule has 9 amide bonds. The van der Waals surface area contributed by atoms with Crippen LogP contribution in [0, 0.1) is 11.8 Å². The summed E-state index contributed by atoms with van der Waals surface area (Å²) in [4.78, 5) is 145. The van der Waals surface area contributed by atoms with Crippen molar-refractivity contribution in [2.75, 3.05) is 13.7 Å². The SMILES string of the molecule is CC(C)[C@H](NC(=O)[C@H](C)NC(=O)[C@H](CCCc1ccc(O)cc1)NC(=O)[C@H](O)CO)C(=O)N[C@@H]1C(=O)N[C@@H](CCc2ccc(O)cc2)C(=O)N[C@H]2CC[C@@H](O)N(C2=O)C([C@H](C)O)C(=O)N(C)[C@@H](Cc2ccc(O)c(Br)c2)C(=O)N[C@@H](C(C)C)C(=O)O[C@@H]1C. The van der Waals surface area contributed by atoms with Crippen molar-refractivity contribution in [1.82, 2.24) is 47.0 Å². The number of aromatic hydroxyl groups is 3. The summed E-state index contributed by atoms with van der Waals surface area (Å²) in [5.74, 6) is -11.9. The maximum atomic E-state index is 15.0. The monoisotopic (exact) mass is 1300 g/mol. The number of fused-ring (bicyclic) bond motifs is 2. The maximum Gasteiger partial charge on any atom is 0.329 e. The second-order valence-electron chi connectivity index (χ2n) is 22.9. The molecule has 2 saturated heterocycles. The quantitative estimate of drug-likeness (QED) is 0.0587. The molecule has 14 N–H and O–H groups in total. The minimum atomic E-state index is -1.92. The van der Waals surface area contributed by atoms with Gasteiger partial charge in [0.25, 0.3) is 5.91 Å². The van der Waals surface area contributed by atoms with E-state index in [-0.39, 0.29) is 60.2 Å². The molecule has 2 fully saturated rings. The fourth-order valence-corrected chi connectivity index (χ4v) is 10.5. The largest absolute Gasteiger partial charge is 0.508 e. The number of piperidine rings is 1. The first-order chi connectivity index (χ1) is 41.4. The van der Waals surface area contributed by atoms with Crippen LogP contribution in [0.1, 0.15) is 97.3 Å². The molecule has 88 heavy (non-hydrogen) atoms. The molecule has 5 rings (SSSR count). The average molecular weight is 1300 g/mol. The summed E-state index contributed by atoms with van der Waals surface area (Å²) in [5, 5.41) is 89.9. The van der Waals surface area contributed by atoms with E-state index in [9.17, 15) is 83.7 Å². The van der Waals surface area contributed by atoms with E-state index in [0.717, 1.165) is 10.5 Å². The topological polar surface area (TPSA) is 412 Å². The molecule has 27 nitrogen and oxygen atoms in total. The average Bonchev–Trinajstić information content (AvgIpc) is 1.83. The van der Waals surface area contributed by atoms with Crippen LogP contribution < -0.4 is 37.2 Å². The Morgan fingerprint density at radius 2 is 1.32 bits per heavy atom. The van der Waals surface area contributed by atoms with Crippen molar-refractivity contribution in [1.29, 1.82) is 0 Å². The normalized spacial score (nSPS) is 23.4. The lowest BCUT2D eigenvalue weighted by atomic mass is 9.96. The molecule has 3 aromatic carbocycles. The highest BCUT2D eigenvalue weighted by atomic mass is 79.9. The van der Waals surface area contributed by atoms with Crippen molar-refractivity contribution >= 4 is 75.1 Å². The molecule has 0 spiro atoms. The number of ether oxygens (including phenoxy) is 1. The summed E-state index contributed by atoms with van der Waals surface area (Å²) in [6.45, 7) is 8.96. The second kappa shape index (κ2) is 32.3. The van der Waals surface area contributed by atoms with Gasteiger partial charge in [0.2, 0.25) is 47.3 Å². The van der Waals surface area contributed by atoms with Crippen molar-refractivity contribution in [3.05, 3.63) is 87.9 Å². The fourth-order valence-electron chi connectivity index (χ4n) is 10.1. The molecule has 0 aromatic heterocycles. The summed E-state index contributed by atoms with van der Waals surface area (Å²) in [6, 6.07) is 2.28. The zero-order valence-corrected chi connectivity index (χ0v) is 51.9. The van der Waals surface area contributed by atoms with Crippen LogP contribution in [0.4, 0.5) is 0 Å². The number of carbonyl (C=O) groups is 10. The van der Waals surface area contributed by atoms with Crippen LogP contribution in [-0.2, 0) is 71.9 Å². The third-order valence-corrected chi connectivity index (χ3v) is 16.0. The molecule has 482 valence electrons.